The molecule has 28 heavy (non-hydrogen) atoms. The molecule has 1 heterocycles. The second kappa shape index (κ2) is 7.50. The summed E-state index contributed by atoms with van der Waals surface area (Å²) >= 11 is 0. The molecule has 0 fully saturated rings. The number of aromatic nitrogens is 1. The Bertz CT molecular complexity index is 1070. The van der Waals surface area contributed by atoms with Gasteiger partial charge in [0.15, 0.2) is 5.56 Å². The molecule has 1 aromatic heterocycles. The Kier molecular flexibility index (Phi) is 5.27. The summed E-state index contributed by atoms with van der Waals surface area (Å²) in [6.45, 7) is 8.31. The van der Waals surface area contributed by atoms with E-state index in [1.165, 1.54) is 5.56 Å². The van der Waals surface area contributed by atoms with Crippen molar-refractivity contribution in [2.45, 2.75) is 39.5 Å². The molecule has 3 aromatic rings. The lowest BCUT2D eigenvalue weighted by molar-refractivity contribution is 0.0521. The molecule has 0 saturated heterocycles. The summed E-state index contributed by atoms with van der Waals surface area (Å²) in [7, 11) is 0. The van der Waals surface area contributed by atoms with E-state index in [2.05, 4.69) is 50.0 Å². The zero-order chi connectivity index (χ0) is 20.5. The van der Waals surface area contributed by atoms with Crippen molar-refractivity contribution in [1.82, 2.24) is 4.98 Å². The van der Waals surface area contributed by atoms with E-state index in [0.717, 1.165) is 11.1 Å². The lowest BCUT2D eigenvalue weighted by Crippen LogP contribution is -2.20. The first-order chi connectivity index (χ1) is 13.2. The summed E-state index contributed by atoms with van der Waals surface area (Å²) in [6, 6.07) is 13.9. The molecule has 0 bridgehead atoms. The average molecular weight is 379 g/mol. The van der Waals surface area contributed by atoms with Crippen molar-refractivity contribution in [2.75, 3.05) is 6.61 Å². The molecule has 0 aliphatic carbocycles. The molecule has 0 aliphatic rings. The van der Waals surface area contributed by atoms with Gasteiger partial charge in [-0.25, -0.2) is 4.79 Å². The lowest BCUT2D eigenvalue weighted by atomic mass is 9.86. The van der Waals surface area contributed by atoms with Gasteiger partial charge in [0.05, 0.1) is 12.1 Å². The number of fused-ring (bicyclic) bond motifs is 1. The highest BCUT2D eigenvalue weighted by molar-refractivity contribution is 5.99. The van der Waals surface area contributed by atoms with E-state index in [1.54, 1.807) is 13.0 Å². The van der Waals surface area contributed by atoms with Crippen LogP contribution in [0.2, 0.25) is 0 Å². The number of esters is 1. The molecule has 0 spiro atoms. The molecule has 0 radical (unpaired) electrons. The zero-order valence-electron chi connectivity index (χ0n) is 16.6. The third kappa shape index (κ3) is 3.93. The number of carbonyl (C=O) groups excluding carboxylic acids is 1. The van der Waals surface area contributed by atoms with Crippen LogP contribution in [0.3, 0.4) is 0 Å². The van der Waals surface area contributed by atoms with E-state index >= 15 is 0 Å². The van der Waals surface area contributed by atoms with Gasteiger partial charge in [0.25, 0.3) is 5.56 Å². The van der Waals surface area contributed by atoms with Crippen LogP contribution in [0.4, 0.5) is 0 Å². The molecule has 0 saturated carbocycles. The number of ether oxygens (including phenoxy) is 1. The Morgan fingerprint density at radius 1 is 1.07 bits per heavy atom. The molecular weight excluding hydrogens is 354 g/mol. The van der Waals surface area contributed by atoms with Gasteiger partial charge in [-0.15, -0.1) is 0 Å². The summed E-state index contributed by atoms with van der Waals surface area (Å²) in [4.78, 5) is 26.9. The fraction of sp³-hybridized carbons (Fsp3) is 0.304. The first kappa shape index (κ1) is 19.7. The van der Waals surface area contributed by atoms with E-state index in [-0.39, 0.29) is 23.3 Å². The second-order valence-corrected chi connectivity index (χ2v) is 7.90. The minimum Gasteiger partial charge on any atom is -0.506 e. The molecule has 0 amide bonds. The van der Waals surface area contributed by atoms with Gasteiger partial charge in [-0.1, -0.05) is 51.1 Å². The number of aromatic hydroxyl groups is 1. The maximum absolute atomic E-state index is 12.3. The molecule has 5 nitrogen and oxygen atoms in total. The van der Waals surface area contributed by atoms with Crippen molar-refractivity contribution in [3.63, 3.8) is 0 Å². The number of hydrogen-bond donors (Lipinski definition) is 2. The maximum atomic E-state index is 12.3. The minimum atomic E-state index is -0.828. The monoisotopic (exact) mass is 379 g/mol. The van der Waals surface area contributed by atoms with Crippen LogP contribution in [0.5, 0.6) is 5.75 Å². The summed E-state index contributed by atoms with van der Waals surface area (Å²) < 4.78 is 4.86. The SMILES string of the molecule is CCOC(=O)c1c(O)c2ccc(Cc3ccc(C(C)(C)C)cc3)cc2[nH]c1=O. The van der Waals surface area contributed by atoms with E-state index in [9.17, 15) is 14.7 Å². The zero-order valence-corrected chi connectivity index (χ0v) is 16.6. The normalized spacial score (nSPS) is 11.6. The van der Waals surface area contributed by atoms with Crippen molar-refractivity contribution >= 4 is 16.9 Å². The third-order valence-electron chi connectivity index (χ3n) is 4.76. The molecule has 5 heteroatoms. The van der Waals surface area contributed by atoms with E-state index < -0.39 is 11.5 Å². The highest BCUT2D eigenvalue weighted by atomic mass is 16.5. The molecule has 2 N–H and O–H groups in total. The van der Waals surface area contributed by atoms with Gasteiger partial charge in [0.1, 0.15) is 5.75 Å². The highest BCUT2D eigenvalue weighted by Gasteiger charge is 2.20. The lowest BCUT2D eigenvalue weighted by Gasteiger charge is -2.19. The summed E-state index contributed by atoms with van der Waals surface area (Å²) in [5.41, 5.74) is 3.00. The van der Waals surface area contributed by atoms with Gasteiger partial charge in [-0.3, -0.25) is 4.79 Å². The van der Waals surface area contributed by atoms with Gasteiger partial charge < -0.3 is 14.8 Å². The van der Waals surface area contributed by atoms with E-state index in [4.69, 9.17) is 4.74 Å². The van der Waals surface area contributed by atoms with E-state index in [0.29, 0.717) is 17.3 Å². The van der Waals surface area contributed by atoms with Gasteiger partial charge in [-0.2, -0.15) is 0 Å². The predicted octanol–water partition coefficient (Wildman–Crippen LogP) is 4.30. The van der Waals surface area contributed by atoms with Crippen molar-refractivity contribution in [2.24, 2.45) is 0 Å². The largest absolute Gasteiger partial charge is 0.506 e. The van der Waals surface area contributed by atoms with Gasteiger partial charge in [0.2, 0.25) is 0 Å². The van der Waals surface area contributed by atoms with Crippen LogP contribution in [0.15, 0.2) is 47.3 Å². The molecule has 0 aliphatic heterocycles. The fourth-order valence-corrected chi connectivity index (χ4v) is 3.19. The number of rotatable bonds is 4. The fourth-order valence-electron chi connectivity index (χ4n) is 3.19. The number of aromatic amines is 1. The van der Waals surface area contributed by atoms with Crippen LogP contribution >= 0.6 is 0 Å². The quantitative estimate of drug-likeness (QED) is 0.663. The second-order valence-electron chi connectivity index (χ2n) is 7.90. The molecule has 3 rings (SSSR count). The van der Waals surface area contributed by atoms with Crippen LogP contribution in [0.25, 0.3) is 10.9 Å². The van der Waals surface area contributed by atoms with Gasteiger partial charge in [-0.05, 0) is 47.6 Å². The summed E-state index contributed by atoms with van der Waals surface area (Å²) in [5.74, 6) is -1.18. The topological polar surface area (TPSA) is 79.4 Å². The van der Waals surface area contributed by atoms with Gasteiger partial charge >= 0.3 is 5.97 Å². The van der Waals surface area contributed by atoms with Crippen molar-refractivity contribution in [3.05, 3.63) is 75.1 Å². The highest BCUT2D eigenvalue weighted by Crippen LogP contribution is 2.27. The number of pyridine rings is 1. The third-order valence-corrected chi connectivity index (χ3v) is 4.76. The number of hydrogen-bond acceptors (Lipinski definition) is 4. The number of H-pyrrole nitrogens is 1. The smallest absolute Gasteiger partial charge is 0.347 e. The van der Waals surface area contributed by atoms with Gasteiger partial charge in [0, 0.05) is 5.39 Å². The standard InChI is InChI=1S/C23H25NO4/c1-5-28-22(27)19-20(25)17-11-8-15(13-18(17)24-21(19)26)12-14-6-9-16(10-7-14)23(2,3)4/h6-11,13H,5,12H2,1-4H3,(H2,24,25,26). The first-order valence-corrected chi connectivity index (χ1v) is 9.35. The Labute approximate surface area is 164 Å². The Balaban J connectivity index is 1.94. The minimum absolute atomic E-state index is 0.106. The molecular formula is C23H25NO4. The molecule has 146 valence electrons. The maximum Gasteiger partial charge on any atom is 0.347 e. The van der Waals surface area contributed by atoms with Crippen LogP contribution in [-0.2, 0) is 16.6 Å². The van der Waals surface area contributed by atoms with Crippen LogP contribution in [-0.4, -0.2) is 22.7 Å². The Morgan fingerprint density at radius 2 is 1.71 bits per heavy atom. The molecule has 2 aromatic carbocycles. The summed E-state index contributed by atoms with van der Waals surface area (Å²) in [5, 5.41) is 10.8. The van der Waals surface area contributed by atoms with Crippen LogP contribution < -0.4 is 5.56 Å². The average Bonchev–Trinajstić information content (AvgIpc) is 2.61. The van der Waals surface area contributed by atoms with Crippen molar-refractivity contribution in [3.8, 4) is 5.75 Å². The summed E-state index contributed by atoms with van der Waals surface area (Å²) in [6.07, 6.45) is 0.697. The Morgan fingerprint density at radius 3 is 2.32 bits per heavy atom. The Hall–Kier alpha value is -3.08. The first-order valence-electron chi connectivity index (χ1n) is 9.35. The van der Waals surface area contributed by atoms with Crippen LogP contribution in [0.1, 0.15) is 54.7 Å². The number of nitrogens with one attached hydrogen (secondary N) is 1. The molecule has 0 unspecified atom stereocenters. The van der Waals surface area contributed by atoms with Crippen LogP contribution in [0, 0.1) is 0 Å². The number of carbonyl (C=O) groups is 1. The van der Waals surface area contributed by atoms with Crippen molar-refractivity contribution in [1.29, 1.82) is 0 Å². The van der Waals surface area contributed by atoms with Crippen molar-refractivity contribution < 1.29 is 14.6 Å². The number of benzene rings is 2. The predicted molar refractivity (Wildman–Crippen MR) is 110 cm³/mol. The molecule has 0 atom stereocenters. The van der Waals surface area contributed by atoms with E-state index in [1.807, 2.05) is 12.1 Å².